The lowest BCUT2D eigenvalue weighted by Crippen LogP contribution is -2.53. The monoisotopic (exact) mass is 465 g/mol. The van der Waals surface area contributed by atoms with Crippen molar-refractivity contribution in [2.24, 2.45) is 4.99 Å². The molecular formula is C16H32IN7O. The average molecular weight is 465 g/mol. The van der Waals surface area contributed by atoms with Crippen LogP contribution in [0.1, 0.15) is 26.6 Å². The summed E-state index contributed by atoms with van der Waals surface area (Å²) in [5, 5.41) is 14.8. The molecule has 0 saturated carbocycles. The van der Waals surface area contributed by atoms with Crippen LogP contribution in [0.2, 0.25) is 0 Å². The Hall–Kier alpha value is -0.940. The second-order valence-corrected chi connectivity index (χ2v) is 6.18. The third kappa shape index (κ3) is 6.70. The Kier molecular flexibility index (Phi) is 10.3. The molecule has 25 heavy (non-hydrogen) atoms. The van der Waals surface area contributed by atoms with Crippen LogP contribution < -0.4 is 10.6 Å². The number of ether oxygens (including phenoxy) is 1. The Morgan fingerprint density at radius 3 is 2.96 bits per heavy atom. The predicted octanol–water partition coefficient (Wildman–Crippen LogP) is 0.733. The van der Waals surface area contributed by atoms with Gasteiger partial charge in [0.1, 0.15) is 12.2 Å². The van der Waals surface area contributed by atoms with Gasteiger partial charge in [-0.3, -0.25) is 9.89 Å². The maximum Gasteiger partial charge on any atom is 0.191 e. The van der Waals surface area contributed by atoms with Crippen LogP contribution >= 0.6 is 24.0 Å². The first-order valence-electron chi connectivity index (χ1n) is 8.80. The van der Waals surface area contributed by atoms with Crippen molar-refractivity contribution in [2.75, 3.05) is 39.9 Å². The molecule has 1 aromatic rings. The summed E-state index contributed by atoms with van der Waals surface area (Å²) in [5.41, 5.74) is 0. The van der Waals surface area contributed by atoms with E-state index in [0.29, 0.717) is 12.1 Å². The van der Waals surface area contributed by atoms with Crippen LogP contribution in [0, 0.1) is 0 Å². The van der Waals surface area contributed by atoms with Crippen LogP contribution in [-0.4, -0.2) is 77.6 Å². The van der Waals surface area contributed by atoms with E-state index in [1.165, 1.54) is 0 Å². The van der Waals surface area contributed by atoms with Crippen molar-refractivity contribution in [1.82, 2.24) is 30.3 Å². The summed E-state index contributed by atoms with van der Waals surface area (Å²) in [6.07, 6.45) is 2.67. The van der Waals surface area contributed by atoms with E-state index in [2.05, 4.69) is 56.1 Å². The SMILES string of the molecule is CCc1nncn1CCNC(=NC)NCC(C)N1CCOCC1C.I. The van der Waals surface area contributed by atoms with Crippen LogP contribution in [0.15, 0.2) is 11.3 Å². The number of morpholine rings is 1. The van der Waals surface area contributed by atoms with E-state index < -0.39 is 0 Å². The lowest BCUT2D eigenvalue weighted by atomic mass is 10.2. The van der Waals surface area contributed by atoms with Crippen LogP contribution in [-0.2, 0) is 17.7 Å². The maximum atomic E-state index is 5.51. The Balaban J connectivity index is 0.00000312. The van der Waals surface area contributed by atoms with Crippen LogP contribution in [0.4, 0.5) is 0 Å². The number of hydrogen-bond donors (Lipinski definition) is 2. The van der Waals surface area contributed by atoms with Gasteiger partial charge in [0, 0.05) is 51.7 Å². The average Bonchev–Trinajstić information content (AvgIpc) is 3.05. The van der Waals surface area contributed by atoms with Gasteiger partial charge in [0.05, 0.1) is 13.2 Å². The fourth-order valence-corrected chi connectivity index (χ4v) is 3.01. The highest BCUT2D eigenvalue weighted by Crippen LogP contribution is 2.09. The number of nitrogens with one attached hydrogen (secondary N) is 2. The molecule has 2 N–H and O–H groups in total. The lowest BCUT2D eigenvalue weighted by Gasteiger charge is -2.38. The molecule has 0 aliphatic carbocycles. The van der Waals surface area contributed by atoms with Crippen molar-refractivity contribution in [3.05, 3.63) is 12.2 Å². The fourth-order valence-electron chi connectivity index (χ4n) is 3.01. The third-order valence-electron chi connectivity index (χ3n) is 4.43. The normalized spacial score (nSPS) is 20.0. The van der Waals surface area contributed by atoms with Crippen molar-refractivity contribution in [1.29, 1.82) is 0 Å². The lowest BCUT2D eigenvalue weighted by molar-refractivity contribution is -0.0174. The van der Waals surface area contributed by atoms with Crippen molar-refractivity contribution < 1.29 is 4.74 Å². The molecule has 2 atom stereocenters. The van der Waals surface area contributed by atoms with E-state index in [4.69, 9.17) is 4.74 Å². The molecule has 144 valence electrons. The van der Waals surface area contributed by atoms with Crippen LogP contribution in [0.25, 0.3) is 0 Å². The molecule has 8 nitrogen and oxygen atoms in total. The molecule has 9 heteroatoms. The minimum atomic E-state index is 0. The highest BCUT2D eigenvalue weighted by molar-refractivity contribution is 14.0. The van der Waals surface area contributed by atoms with Crippen molar-refractivity contribution in [3.63, 3.8) is 0 Å². The Bertz CT molecular complexity index is 522. The summed E-state index contributed by atoms with van der Waals surface area (Å²) < 4.78 is 7.57. The first-order chi connectivity index (χ1) is 11.7. The van der Waals surface area contributed by atoms with Gasteiger partial charge in [0.2, 0.25) is 0 Å². The largest absolute Gasteiger partial charge is 0.379 e. The number of aryl methyl sites for hydroxylation is 1. The molecule has 2 rings (SSSR count). The van der Waals surface area contributed by atoms with Crippen LogP contribution in [0.3, 0.4) is 0 Å². The van der Waals surface area contributed by atoms with Crippen molar-refractivity contribution >= 4 is 29.9 Å². The first-order valence-corrected chi connectivity index (χ1v) is 8.80. The molecule has 0 spiro atoms. The second-order valence-electron chi connectivity index (χ2n) is 6.18. The van der Waals surface area contributed by atoms with Gasteiger partial charge in [0.15, 0.2) is 5.96 Å². The van der Waals surface area contributed by atoms with Gasteiger partial charge < -0.3 is 19.9 Å². The van der Waals surface area contributed by atoms with E-state index in [9.17, 15) is 0 Å². The summed E-state index contributed by atoms with van der Waals surface area (Å²) in [7, 11) is 1.80. The number of guanidine groups is 1. The molecule has 0 radical (unpaired) electrons. The van der Waals surface area contributed by atoms with Gasteiger partial charge in [-0.05, 0) is 13.8 Å². The molecule has 0 amide bonds. The molecule has 0 bridgehead atoms. The summed E-state index contributed by atoms with van der Waals surface area (Å²) in [4.78, 5) is 6.78. The number of hydrogen-bond acceptors (Lipinski definition) is 5. The third-order valence-corrected chi connectivity index (χ3v) is 4.43. The number of rotatable bonds is 7. The predicted molar refractivity (Wildman–Crippen MR) is 111 cm³/mol. The standard InChI is InChI=1S/C16H31N7O.HI/c1-5-15-21-20-12-22(15)7-6-18-16(17-4)19-10-13(2)23-8-9-24-11-14(23)3;/h12-14H,5-11H2,1-4H3,(H2,17,18,19);1H. The molecule has 2 unspecified atom stereocenters. The number of nitrogens with zero attached hydrogens (tertiary/aromatic N) is 5. The summed E-state index contributed by atoms with van der Waals surface area (Å²) >= 11 is 0. The van der Waals surface area contributed by atoms with Gasteiger partial charge >= 0.3 is 0 Å². The Morgan fingerprint density at radius 1 is 1.48 bits per heavy atom. The van der Waals surface area contributed by atoms with Gasteiger partial charge in [-0.25, -0.2) is 0 Å². The molecule has 1 saturated heterocycles. The summed E-state index contributed by atoms with van der Waals surface area (Å²) in [6, 6.07) is 0.902. The second kappa shape index (κ2) is 11.6. The maximum absolute atomic E-state index is 5.51. The number of aliphatic imine (C=N–C) groups is 1. The molecule has 1 aromatic heterocycles. The highest BCUT2D eigenvalue weighted by atomic mass is 127. The smallest absolute Gasteiger partial charge is 0.191 e. The van der Waals surface area contributed by atoms with Gasteiger partial charge in [-0.15, -0.1) is 34.2 Å². The van der Waals surface area contributed by atoms with E-state index in [1.807, 2.05) is 0 Å². The number of aromatic nitrogens is 3. The zero-order valence-corrected chi connectivity index (χ0v) is 18.1. The van der Waals surface area contributed by atoms with E-state index in [-0.39, 0.29) is 24.0 Å². The molecule has 1 fully saturated rings. The molecule has 0 aromatic carbocycles. The number of halogens is 1. The molecule has 1 aliphatic heterocycles. The minimum absolute atomic E-state index is 0. The summed E-state index contributed by atoms with van der Waals surface area (Å²) in [5.74, 6) is 1.84. The Labute approximate surface area is 167 Å². The topological polar surface area (TPSA) is 79.6 Å². The van der Waals surface area contributed by atoms with Gasteiger partial charge in [-0.1, -0.05) is 6.92 Å². The molecular weight excluding hydrogens is 433 g/mol. The van der Waals surface area contributed by atoms with Crippen LogP contribution in [0.5, 0.6) is 0 Å². The highest BCUT2D eigenvalue weighted by Gasteiger charge is 2.23. The van der Waals surface area contributed by atoms with E-state index >= 15 is 0 Å². The molecule has 1 aliphatic rings. The summed E-state index contributed by atoms with van der Waals surface area (Å²) in [6.45, 7) is 11.6. The fraction of sp³-hybridized carbons (Fsp3) is 0.812. The zero-order chi connectivity index (χ0) is 17.4. The minimum Gasteiger partial charge on any atom is -0.379 e. The molecule has 2 heterocycles. The van der Waals surface area contributed by atoms with E-state index in [0.717, 1.165) is 57.6 Å². The van der Waals surface area contributed by atoms with E-state index in [1.54, 1.807) is 13.4 Å². The van der Waals surface area contributed by atoms with Crippen molar-refractivity contribution in [3.8, 4) is 0 Å². The Morgan fingerprint density at radius 2 is 2.28 bits per heavy atom. The zero-order valence-electron chi connectivity index (χ0n) is 15.7. The first kappa shape index (κ1) is 22.1. The van der Waals surface area contributed by atoms with Gasteiger partial charge in [-0.2, -0.15) is 0 Å². The van der Waals surface area contributed by atoms with Gasteiger partial charge in [0.25, 0.3) is 0 Å². The van der Waals surface area contributed by atoms with Crippen molar-refractivity contribution in [2.45, 2.75) is 45.8 Å². The quantitative estimate of drug-likeness (QED) is 0.351.